The van der Waals surface area contributed by atoms with Gasteiger partial charge in [0.25, 0.3) is 15.9 Å². The fourth-order valence-corrected chi connectivity index (χ4v) is 4.29. The summed E-state index contributed by atoms with van der Waals surface area (Å²) in [5.74, 6) is -1.26. The van der Waals surface area contributed by atoms with Gasteiger partial charge in [-0.2, -0.15) is 0 Å². The number of carbonyl (C=O) groups is 3. The van der Waals surface area contributed by atoms with Crippen LogP contribution in [0.3, 0.4) is 0 Å². The van der Waals surface area contributed by atoms with Crippen LogP contribution in [0, 0.1) is 0 Å². The van der Waals surface area contributed by atoms with Crippen molar-refractivity contribution in [2.45, 2.75) is 18.2 Å². The summed E-state index contributed by atoms with van der Waals surface area (Å²) < 4.78 is 25.6. The minimum atomic E-state index is -3.92. The van der Waals surface area contributed by atoms with Crippen molar-refractivity contribution < 1.29 is 22.8 Å². The van der Waals surface area contributed by atoms with E-state index in [9.17, 15) is 22.8 Å². The molecule has 0 atom stereocenters. The van der Waals surface area contributed by atoms with E-state index in [-0.39, 0.29) is 29.3 Å². The van der Waals surface area contributed by atoms with E-state index in [1.54, 1.807) is 36.4 Å². The molecule has 140 valence electrons. The van der Waals surface area contributed by atoms with Crippen LogP contribution in [0.25, 0.3) is 0 Å². The van der Waals surface area contributed by atoms with Gasteiger partial charge in [0.05, 0.1) is 5.56 Å². The molecule has 8 nitrogen and oxygen atoms in total. The lowest BCUT2D eigenvalue weighted by molar-refractivity contribution is -0.116. The molecule has 0 unspecified atom stereocenters. The molecule has 0 saturated carbocycles. The number of amides is 3. The maximum Gasteiger partial charge on any atom is 0.269 e. The minimum absolute atomic E-state index is 0.0380. The molecule has 0 radical (unpaired) electrons. The van der Waals surface area contributed by atoms with Gasteiger partial charge in [-0.05, 0) is 36.4 Å². The predicted molar refractivity (Wildman–Crippen MR) is 98.7 cm³/mol. The highest BCUT2D eigenvalue weighted by molar-refractivity contribution is 7.90. The van der Waals surface area contributed by atoms with E-state index in [1.807, 2.05) is 0 Å². The Balaban J connectivity index is 1.61. The zero-order valence-electron chi connectivity index (χ0n) is 14.4. The fourth-order valence-electron chi connectivity index (χ4n) is 2.72. The Labute approximate surface area is 156 Å². The molecule has 3 rings (SSSR count). The molecule has 0 aromatic heterocycles. The molecular formula is C18H17N3O5S. The van der Waals surface area contributed by atoms with Gasteiger partial charge in [-0.25, -0.2) is 12.7 Å². The van der Waals surface area contributed by atoms with Crippen molar-refractivity contribution in [1.29, 1.82) is 0 Å². The Bertz CT molecular complexity index is 1020. The van der Waals surface area contributed by atoms with Crippen LogP contribution >= 0.6 is 0 Å². The van der Waals surface area contributed by atoms with Crippen LogP contribution in [0.2, 0.25) is 0 Å². The summed E-state index contributed by atoms with van der Waals surface area (Å²) in [7, 11) is -3.92. The zero-order valence-corrected chi connectivity index (χ0v) is 15.2. The number of fused-ring (bicyclic) bond motifs is 1. The Kier molecular flexibility index (Phi) is 4.95. The second kappa shape index (κ2) is 7.20. The van der Waals surface area contributed by atoms with E-state index in [2.05, 4.69) is 10.6 Å². The standard InChI is InChI=1S/C18H17N3O5S/c1-12(22)19-13-6-8-14(9-7-13)20-17(23)10-11-21-18(24)15-4-2-3-5-16(15)27(21,25)26/h2-9H,10-11H2,1H3,(H,19,22)(H,20,23). The Morgan fingerprint density at radius 3 is 2.15 bits per heavy atom. The van der Waals surface area contributed by atoms with Gasteiger partial charge in [-0.15, -0.1) is 0 Å². The normalized spacial score (nSPS) is 14.6. The first-order valence-electron chi connectivity index (χ1n) is 8.12. The minimum Gasteiger partial charge on any atom is -0.326 e. The molecule has 27 heavy (non-hydrogen) atoms. The van der Waals surface area contributed by atoms with Gasteiger partial charge in [-0.3, -0.25) is 14.4 Å². The summed E-state index contributed by atoms with van der Waals surface area (Å²) in [4.78, 5) is 35.3. The van der Waals surface area contributed by atoms with Crippen LogP contribution in [0.15, 0.2) is 53.4 Å². The Morgan fingerprint density at radius 2 is 1.56 bits per heavy atom. The highest BCUT2D eigenvalue weighted by Crippen LogP contribution is 2.29. The van der Waals surface area contributed by atoms with Gasteiger partial charge in [0.2, 0.25) is 11.8 Å². The third-order valence-electron chi connectivity index (χ3n) is 3.94. The number of hydrogen-bond acceptors (Lipinski definition) is 5. The molecule has 0 saturated heterocycles. The topological polar surface area (TPSA) is 113 Å². The van der Waals surface area contributed by atoms with Crippen LogP contribution in [-0.4, -0.2) is 37.0 Å². The van der Waals surface area contributed by atoms with Crippen molar-refractivity contribution in [3.63, 3.8) is 0 Å². The summed E-state index contributed by atoms with van der Waals surface area (Å²) >= 11 is 0. The molecule has 2 aromatic carbocycles. The summed E-state index contributed by atoms with van der Waals surface area (Å²) in [6.07, 6.45) is -0.174. The van der Waals surface area contributed by atoms with Crippen molar-refractivity contribution in [3.8, 4) is 0 Å². The van der Waals surface area contributed by atoms with Crippen LogP contribution in [0.1, 0.15) is 23.7 Å². The number of carbonyl (C=O) groups excluding carboxylic acids is 3. The number of anilines is 2. The van der Waals surface area contributed by atoms with Gasteiger partial charge >= 0.3 is 0 Å². The molecule has 9 heteroatoms. The summed E-state index contributed by atoms with van der Waals surface area (Å²) in [5.41, 5.74) is 1.20. The van der Waals surface area contributed by atoms with E-state index < -0.39 is 21.8 Å². The van der Waals surface area contributed by atoms with Crippen LogP contribution in [0.5, 0.6) is 0 Å². The molecule has 0 aliphatic carbocycles. The second-order valence-electron chi connectivity index (χ2n) is 5.94. The molecular weight excluding hydrogens is 370 g/mol. The summed E-state index contributed by atoms with van der Waals surface area (Å²) in [5, 5.41) is 5.23. The highest BCUT2D eigenvalue weighted by Gasteiger charge is 2.40. The van der Waals surface area contributed by atoms with Gasteiger partial charge in [-0.1, -0.05) is 12.1 Å². The lowest BCUT2D eigenvalue weighted by Crippen LogP contribution is -2.33. The maximum absolute atomic E-state index is 12.4. The molecule has 2 aromatic rings. The molecule has 0 fully saturated rings. The molecule has 0 bridgehead atoms. The number of sulfonamides is 1. The third kappa shape index (κ3) is 3.82. The molecule has 1 aliphatic rings. The number of rotatable bonds is 5. The van der Waals surface area contributed by atoms with Crippen LogP contribution in [0.4, 0.5) is 11.4 Å². The van der Waals surface area contributed by atoms with Gasteiger partial charge in [0.15, 0.2) is 0 Å². The number of nitrogens with one attached hydrogen (secondary N) is 2. The second-order valence-corrected chi connectivity index (χ2v) is 7.77. The molecule has 2 N–H and O–H groups in total. The maximum atomic E-state index is 12.4. The largest absolute Gasteiger partial charge is 0.326 e. The number of benzene rings is 2. The average molecular weight is 387 g/mol. The quantitative estimate of drug-likeness (QED) is 0.813. The summed E-state index contributed by atoms with van der Waals surface area (Å²) in [6.45, 7) is 1.15. The van der Waals surface area contributed by atoms with Crippen molar-refractivity contribution in [2.24, 2.45) is 0 Å². The Hall–Kier alpha value is -3.20. The highest BCUT2D eigenvalue weighted by atomic mass is 32.2. The first-order chi connectivity index (χ1) is 12.8. The molecule has 3 amide bonds. The first kappa shape index (κ1) is 18.6. The van der Waals surface area contributed by atoms with Crippen molar-refractivity contribution in [2.75, 3.05) is 17.2 Å². The smallest absolute Gasteiger partial charge is 0.269 e. The summed E-state index contributed by atoms with van der Waals surface area (Å²) in [6, 6.07) is 12.4. The Morgan fingerprint density at radius 1 is 0.963 bits per heavy atom. The van der Waals surface area contributed by atoms with Crippen molar-refractivity contribution in [3.05, 3.63) is 54.1 Å². The van der Waals surface area contributed by atoms with Crippen LogP contribution in [-0.2, 0) is 19.6 Å². The number of hydrogen-bond donors (Lipinski definition) is 2. The van der Waals surface area contributed by atoms with E-state index in [4.69, 9.17) is 0 Å². The monoisotopic (exact) mass is 387 g/mol. The van der Waals surface area contributed by atoms with Crippen molar-refractivity contribution in [1.82, 2.24) is 4.31 Å². The lowest BCUT2D eigenvalue weighted by Gasteiger charge is -2.14. The third-order valence-corrected chi connectivity index (χ3v) is 5.78. The molecule has 1 heterocycles. The van der Waals surface area contributed by atoms with E-state index in [0.29, 0.717) is 11.4 Å². The van der Waals surface area contributed by atoms with Gasteiger partial charge < -0.3 is 10.6 Å². The first-order valence-corrected chi connectivity index (χ1v) is 9.56. The number of nitrogens with zero attached hydrogens (tertiary/aromatic N) is 1. The van der Waals surface area contributed by atoms with Gasteiger partial charge in [0, 0.05) is 31.3 Å². The van der Waals surface area contributed by atoms with E-state index in [1.165, 1.54) is 19.1 Å². The zero-order chi connectivity index (χ0) is 19.6. The predicted octanol–water partition coefficient (Wildman–Crippen LogP) is 1.82. The fraction of sp³-hybridized carbons (Fsp3) is 0.167. The van der Waals surface area contributed by atoms with Crippen LogP contribution < -0.4 is 10.6 Å². The van der Waals surface area contributed by atoms with E-state index >= 15 is 0 Å². The molecule has 0 spiro atoms. The average Bonchev–Trinajstić information content (AvgIpc) is 2.81. The van der Waals surface area contributed by atoms with Crippen molar-refractivity contribution >= 4 is 39.1 Å². The lowest BCUT2D eigenvalue weighted by atomic mass is 10.2. The molecule has 1 aliphatic heterocycles. The van der Waals surface area contributed by atoms with Gasteiger partial charge in [0.1, 0.15) is 4.90 Å². The van der Waals surface area contributed by atoms with E-state index in [0.717, 1.165) is 4.31 Å². The SMILES string of the molecule is CC(=O)Nc1ccc(NC(=O)CCN2C(=O)c3ccccc3S2(=O)=O)cc1.